The monoisotopic (exact) mass is 375 g/mol. The van der Waals surface area contributed by atoms with Crippen molar-refractivity contribution < 1.29 is 9.53 Å². The van der Waals surface area contributed by atoms with Crippen LogP contribution in [0.3, 0.4) is 0 Å². The van der Waals surface area contributed by atoms with Crippen LogP contribution < -0.4 is 10.1 Å². The number of aryl methyl sites for hydroxylation is 1. The van der Waals surface area contributed by atoms with E-state index in [9.17, 15) is 4.79 Å². The normalized spacial score (nSPS) is 10.7. The minimum absolute atomic E-state index is 0.138. The molecule has 7 heteroatoms. The van der Waals surface area contributed by atoms with E-state index in [4.69, 9.17) is 16.3 Å². The Morgan fingerprint density at radius 2 is 2.12 bits per heavy atom. The molecular weight excluding hydrogens is 358 g/mol. The Hall–Kier alpha value is -2.31. The second kappa shape index (κ2) is 7.72. The highest BCUT2D eigenvalue weighted by Crippen LogP contribution is 2.21. The van der Waals surface area contributed by atoms with E-state index in [0.717, 1.165) is 29.2 Å². The van der Waals surface area contributed by atoms with Gasteiger partial charge in [-0.05, 0) is 49.6 Å². The van der Waals surface area contributed by atoms with Crippen LogP contribution in [0.25, 0.3) is 0 Å². The molecule has 0 unspecified atom stereocenters. The van der Waals surface area contributed by atoms with Crippen LogP contribution in [0.2, 0.25) is 5.02 Å². The third kappa shape index (κ3) is 4.21. The summed E-state index contributed by atoms with van der Waals surface area (Å²) in [5.74, 6) is 0.603. The molecule has 0 fully saturated rings. The summed E-state index contributed by atoms with van der Waals surface area (Å²) in [5, 5.41) is 9.73. The van der Waals surface area contributed by atoms with Crippen molar-refractivity contribution in [1.29, 1.82) is 0 Å². The van der Waals surface area contributed by atoms with Crippen molar-refractivity contribution in [1.82, 2.24) is 9.78 Å². The molecule has 5 nitrogen and oxygen atoms in total. The van der Waals surface area contributed by atoms with Crippen LogP contribution in [0.1, 0.15) is 27.9 Å². The first-order chi connectivity index (χ1) is 12.1. The van der Waals surface area contributed by atoms with Gasteiger partial charge in [-0.3, -0.25) is 9.48 Å². The number of hydrogen-bond donors (Lipinski definition) is 1. The first-order valence-corrected chi connectivity index (χ1v) is 9.12. The van der Waals surface area contributed by atoms with Crippen molar-refractivity contribution >= 4 is 34.5 Å². The quantitative estimate of drug-likeness (QED) is 0.675. The first-order valence-electron chi connectivity index (χ1n) is 7.86. The van der Waals surface area contributed by atoms with Gasteiger partial charge < -0.3 is 10.1 Å². The smallest absolute Gasteiger partial charge is 0.265 e. The highest BCUT2D eigenvalue weighted by molar-refractivity contribution is 7.12. The molecule has 0 radical (unpaired) electrons. The number of nitrogens with one attached hydrogen (secondary N) is 1. The maximum atomic E-state index is 12.4. The largest absolute Gasteiger partial charge is 0.489 e. The predicted molar refractivity (Wildman–Crippen MR) is 101 cm³/mol. The zero-order chi connectivity index (χ0) is 17.8. The van der Waals surface area contributed by atoms with E-state index >= 15 is 0 Å². The van der Waals surface area contributed by atoms with Crippen molar-refractivity contribution in [2.45, 2.75) is 27.0 Å². The molecule has 0 bridgehead atoms. The van der Waals surface area contributed by atoms with E-state index in [2.05, 4.69) is 10.4 Å². The van der Waals surface area contributed by atoms with Crippen LogP contribution >= 0.6 is 22.9 Å². The molecule has 1 amide bonds. The molecule has 2 aromatic heterocycles. The van der Waals surface area contributed by atoms with Crippen LogP contribution in [0.15, 0.2) is 41.9 Å². The van der Waals surface area contributed by atoms with Gasteiger partial charge in [0.05, 0.1) is 22.5 Å². The van der Waals surface area contributed by atoms with Gasteiger partial charge in [0.25, 0.3) is 5.91 Å². The lowest BCUT2D eigenvalue weighted by Gasteiger charge is -2.04. The fourth-order valence-electron chi connectivity index (χ4n) is 2.34. The Labute approximate surface area is 155 Å². The standard InChI is InChI=1S/C18H18ClN3O2S/c1-3-22-12(2)16(9-20-22)21-18(23)17-8-13(11-25-17)10-24-15-6-4-14(19)5-7-15/h4-9,11H,3,10H2,1-2H3,(H,21,23). The molecule has 2 heterocycles. The van der Waals surface area contributed by atoms with Gasteiger partial charge in [-0.25, -0.2) is 0 Å². The average Bonchev–Trinajstić information content (AvgIpc) is 3.22. The zero-order valence-electron chi connectivity index (χ0n) is 14.0. The topological polar surface area (TPSA) is 56.2 Å². The summed E-state index contributed by atoms with van der Waals surface area (Å²) in [6, 6.07) is 9.03. The molecule has 0 saturated carbocycles. The van der Waals surface area contributed by atoms with E-state index < -0.39 is 0 Å². The Balaban J connectivity index is 1.61. The molecule has 0 aliphatic carbocycles. The van der Waals surface area contributed by atoms with E-state index in [1.165, 1.54) is 11.3 Å². The number of hydrogen-bond acceptors (Lipinski definition) is 4. The summed E-state index contributed by atoms with van der Waals surface area (Å²) in [4.78, 5) is 13.0. The Bertz CT molecular complexity index is 871. The van der Waals surface area contributed by atoms with E-state index in [1.807, 2.05) is 42.1 Å². The Morgan fingerprint density at radius 1 is 1.36 bits per heavy atom. The fraction of sp³-hybridized carbons (Fsp3) is 0.222. The summed E-state index contributed by atoms with van der Waals surface area (Å²) in [7, 11) is 0. The van der Waals surface area contributed by atoms with Gasteiger partial charge in [0.2, 0.25) is 0 Å². The van der Waals surface area contributed by atoms with Gasteiger partial charge >= 0.3 is 0 Å². The van der Waals surface area contributed by atoms with Crippen LogP contribution in [0, 0.1) is 6.92 Å². The maximum Gasteiger partial charge on any atom is 0.265 e. The van der Waals surface area contributed by atoms with E-state index in [-0.39, 0.29) is 5.91 Å². The predicted octanol–water partition coefficient (Wildman–Crippen LogP) is 4.76. The first kappa shape index (κ1) is 17.5. The SMILES string of the molecule is CCn1ncc(NC(=O)c2cc(COc3ccc(Cl)cc3)cs2)c1C. The highest BCUT2D eigenvalue weighted by atomic mass is 35.5. The Morgan fingerprint density at radius 3 is 2.80 bits per heavy atom. The van der Waals surface area contributed by atoms with Gasteiger partial charge in [0.1, 0.15) is 12.4 Å². The number of nitrogens with zero attached hydrogens (tertiary/aromatic N) is 2. The summed E-state index contributed by atoms with van der Waals surface area (Å²) in [6.45, 7) is 5.12. The van der Waals surface area contributed by atoms with Gasteiger partial charge in [0.15, 0.2) is 0 Å². The molecular formula is C18H18ClN3O2S. The average molecular weight is 376 g/mol. The van der Waals surface area contributed by atoms with E-state index in [1.54, 1.807) is 18.3 Å². The fourth-order valence-corrected chi connectivity index (χ4v) is 3.26. The highest BCUT2D eigenvalue weighted by Gasteiger charge is 2.13. The van der Waals surface area contributed by atoms with Crippen LogP contribution in [0.4, 0.5) is 5.69 Å². The molecule has 1 aromatic carbocycles. The lowest BCUT2D eigenvalue weighted by Crippen LogP contribution is -2.11. The van der Waals surface area contributed by atoms with Crippen molar-refractivity contribution in [2.24, 2.45) is 0 Å². The van der Waals surface area contributed by atoms with Crippen LogP contribution in [0.5, 0.6) is 5.75 Å². The number of anilines is 1. The van der Waals surface area contributed by atoms with Crippen molar-refractivity contribution in [3.8, 4) is 5.75 Å². The lowest BCUT2D eigenvalue weighted by molar-refractivity contribution is 0.103. The molecule has 0 spiro atoms. The van der Waals surface area contributed by atoms with E-state index in [0.29, 0.717) is 16.5 Å². The second-order valence-corrected chi connectivity index (χ2v) is 6.82. The number of thiophene rings is 1. The number of amides is 1. The Kier molecular flexibility index (Phi) is 5.40. The third-order valence-corrected chi connectivity index (χ3v) is 4.98. The molecule has 1 N–H and O–H groups in total. The molecule has 0 aliphatic rings. The second-order valence-electron chi connectivity index (χ2n) is 5.48. The van der Waals surface area contributed by atoms with Gasteiger partial charge in [-0.15, -0.1) is 11.3 Å². The van der Waals surface area contributed by atoms with Gasteiger partial charge in [0, 0.05) is 17.1 Å². The molecule has 25 heavy (non-hydrogen) atoms. The molecule has 0 aliphatic heterocycles. The molecule has 0 atom stereocenters. The minimum Gasteiger partial charge on any atom is -0.489 e. The van der Waals surface area contributed by atoms with Gasteiger partial charge in [-0.2, -0.15) is 5.10 Å². The number of aromatic nitrogens is 2. The summed E-state index contributed by atoms with van der Waals surface area (Å²) >= 11 is 7.24. The summed E-state index contributed by atoms with van der Waals surface area (Å²) in [6.07, 6.45) is 1.68. The molecule has 3 rings (SSSR count). The number of carbonyl (C=O) groups excluding carboxylic acids is 1. The number of halogens is 1. The van der Waals surface area contributed by atoms with Crippen LogP contribution in [-0.2, 0) is 13.2 Å². The maximum absolute atomic E-state index is 12.4. The lowest BCUT2D eigenvalue weighted by atomic mass is 10.3. The number of rotatable bonds is 6. The molecule has 3 aromatic rings. The van der Waals surface area contributed by atoms with Crippen molar-refractivity contribution in [3.63, 3.8) is 0 Å². The van der Waals surface area contributed by atoms with Crippen molar-refractivity contribution in [3.05, 3.63) is 63.1 Å². The van der Waals surface area contributed by atoms with Crippen LogP contribution in [-0.4, -0.2) is 15.7 Å². The van der Waals surface area contributed by atoms with Crippen molar-refractivity contribution in [2.75, 3.05) is 5.32 Å². The number of ether oxygens (including phenoxy) is 1. The molecule has 130 valence electrons. The zero-order valence-corrected chi connectivity index (χ0v) is 15.5. The summed E-state index contributed by atoms with van der Waals surface area (Å²) < 4.78 is 7.54. The summed E-state index contributed by atoms with van der Waals surface area (Å²) in [5.41, 5.74) is 2.63. The minimum atomic E-state index is -0.138. The number of carbonyl (C=O) groups is 1. The number of benzene rings is 1. The van der Waals surface area contributed by atoms with Gasteiger partial charge in [-0.1, -0.05) is 11.6 Å². The third-order valence-electron chi connectivity index (χ3n) is 3.75. The molecule has 0 saturated heterocycles.